The highest BCUT2D eigenvalue weighted by molar-refractivity contribution is 6.30. The molecule has 142 valence electrons. The number of rotatable bonds is 5. The second-order valence-electron chi connectivity index (χ2n) is 6.96. The zero-order valence-electron chi connectivity index (χ0n) is 15.1. The van der Waals surface area contributed by atoms with Crippen LogP contribution < -0.4 is 10.6 Å². The van der Waals surface area contributed by atoms with Gasteiger partial charge in [0.1, 0.15) is 5.84 Å². The van der Waals surface area contributed by atoms with Crippen LogP contribution in [0.15, 0.2) is 59.8 Å². The molecular weight excluding hydrogens is 362 g/mol. The molecule has 0 radical (unpaired) electrons. The number of para-hydroxylation sites is 1. The Kier molecular flexibility index (Phi) is 6.71. The molecule has 0 unspecified atom stereocenters. The van der Waals surface area contributed by atoms with Gasteiger partial charge in [0.05, 0.1) is 0 Å². The summed E-state index contributed by atoms with van der Waals surface area (Å²) in [6, 6.07) is 16.9. The van der Waals surface area contributed by atoms with Gasteiger partial charge in [0.15, 0.2) is 0 Å². The van der Waals surface area contributed by atoms with Gasteiger partial charge in [0, 0.05) is 28.7 Å². The van der Waals surface area contributed by atoms with E-state index in [-0.39, 0.29) is 11.8 Å². The maximum atomic E-state index is 12.4. The fourth-order valence-corrected chi connectivity index (χ4v) is 3.71. The molecule has 0 bridgehead atoms. The van der Waals surface area contributed by atoms with Gasteiger partial charge in [0.25, 0.3) is 0 Å². The third-order valence-corrected chi connectivity index (χ3v) is 5.21. The summed E-state index contributed by atoms with van der Waals surface area (Å²) in [5.41, 5.74) is 1.64. The molecule has 0 saturated heterocycles. The van der Waals surface area contributed by atoms with Gasteiger partial charge in [-0.3, -0.25) is 4.79 Å². The summed E-state index contributed by atoms with van der Waals surface area (Å²) in [5.74, 6) is 1.04. The Morgan fingerprint density at radius 3 is 2.37 bits per heavy atom. The van der Waals surface area contributed by atoms with E-state index in [9.17, 15) is 10.0 Å². The standard InChI is InChI=1S/C21H24ClN3O2/c22-17-5-4-8-19(14-17)23-20(25-27)13-15-9-11-16(12-10-15)21(26)24-18-6-2-1-3-7-18/h1-8,14-16,27H,9-13H2,(H,23,25)(H,24,26). The second kappa shape index (κ2) is 9.42. The fourth-order valence-electron chi connectivity index (χ4n) is 3.52. The van der Waals surface area contributed by atoms with E-state index in [4.69, 9.17) is 11.6 Å². The predicted molar refractivity (Wildman–Crippen MR) is 109 cm³/mol. The topological polar surface area (TPSA) is 73.7 Å². The summed E-state index contributed by atoms with van der Waals surface area (Å²) in [4.78, 5) is 12.4. The molecule has 3 rings (SSSR count). The first-order valence-electron chi connectivity index (χ1n) is 9.23. The Bertz CT molecular complexity index is 787. The fraction of sp³-hybridized carbons (Fsp3) is 0.333. The van der Waals surface area contributed by atoms with Crippen molar-refractivity contribution in [2.24, 2.45) is 17.0 Å². The third kappa shape index (κ3) is 5.73. The molecule has 0 aromatic heterocycles. The molecule has 1 fully saturated rings. The van der Waals surface area contributed by atoms with Gasteiger partial charge in [-0.1, -0.05) is 41.0 Å². The van der Waals surface area contributed by atoms with Crippen LogP contribution in [0.2, 0.25) is 5.02 Å². The van der Waals surface area contributed by atoms with Crippen LogP contribution in [0.25, 0.3) is 0 Å². The lowest BCUT2D eigenvalue weighted by molar-refractivity contribution is -0.121. The van der Waals surface area contributed by atoms with Crippen molar-refractivity contribution < 1.29 is 10.0 Å². The van der Waals surface area contributed by atoms with E-state index in [1.807, 2.05) is 42.5 Å². The lowest BCUT2D eigenvalue weighted by Crippen LogP contribution is -2.28. The highest BCUT2D eigenvalue weighted by Crippen LogP contribution is 2.32. The minimum absolute atomic E-state index is 0.0388. The molecule has 0 heterocycles. The highest BCUT2D eigenvalue weighted by Gasteiger charge is 2.27. The number of nitrogens with one attached hydrogen (secondary N) is 2. The number of carbonyl (C=O) groups is 1. The van der Waals surface area contributed by atoms with Gasteiger partial charge in [-0.05, 0) is 61.9 Å². The van der Waals surface area contributed by atoms with Crippen LogP contribution in [-0.2, 0) is 4.79 Å². The van der Waals surface area contributed by atoms with Crippen molar-refractivity contribution >= 4 is 34.7 Å². The van der Waals surface area contributed by atoms with E-state index < -0.39 is 0 Å². The zero-order valence-corrected chi connectivity index (χ0v) is 15.8. The normalized spacial score (nSPS) is 20.1. The number of oxime groups is 1. The SMILES string of the molecule is O=C(Nc1ccccc1)C1CCC(C/C(=N/O)Nc2cccc(Cl)c2)CC1. The lowest BCUT2D eigenvalue weighted by Gasteiger charge is -2.28. The number of carbonyl (C=O) groups excluding carboxylic acids is 1. The van der Waals surface area contributed by atoms with Crippen molar-refractivity contribution in [1.82, 2.24) is 0 Å². The summed E-state index contributed by atoms with van der Waals surface area (Å²) in [7, 11) is 0. The molecule has 3 N–H and O–H groups in total. The van der Waals surface area contributed by atoms with E-state index in [0.717, 1.165) is 37.1 Å². The summed E-state index contributed by atoms with van der Waals surface area (Å²) in [5, 5.41) is 19.5. The van der Waals surface area contributed by atoms with Crippen molar-refractivity contribution in [3.8, 4) is 0 Å². The molecule has 1 amide bonds. The number of anilines is 2. The molecule has 1 saturated carbocycles. The number of nitrogens with zero attached hydrogens (tertiary/aromatic N) is 1. The minimum atomic E-state index is 0.0388. The minimum Gasteiger partial charge on any atom is -0.409 e. The summed E-state index contributed by atoms with van der Waals surface area (Å²) >= 11 is 5.99. The molecule has 1 aliphatic carbocycles. The number of hydrogen-bond donors (Lipinski definition) is 3. The monoisotopic (exact) mass is 385 g/mol. The first kappa shape index (κ1) is 19.2. The van der Waals surface area contributed by atoms with Crippen LogP contribution in [0.4, 0.5) is 11.4 Å². The Hall–Kier alpha value is -2.53. The molecule has 0 spiro atoms. The largest absolute Gasteiger partial charge is 0.409 e. The second-order valence-corrected chi connectivity index (χ2v) is 7.40. The molecule has 1 aliphatic rings. The Morgan fingerprint density at radius 1 is 1.00 bits per heavy atom. The van der Waals surface area contributed by atoms with Crippen LogP contribution in [0.3, 0.4) is 0 Å². The molecule has 0 atom stereocenters. The van der Waals surface area contributed by atoms with E-state index in [1.54, 1.807) is 12.1 Å². The van der Waals surface area contributed by atoms with Crippen molar-refractivity contribution in [2.75, 3.05) is 10.6 Å². The summed E-state index contributed by atoms with van der Waals surface area (Å²) < 4.78 is 0. The average Bonchev–Trinajstić information content (AvgIpc) is 2.69. The van der Waals surface area contributed by atoms with Gasteiger partial charge < -0.3 is 15.8 Å². The molecule has 5 nitrogen and oxygen atoms in total. The van der Waals surface area contributed by atoms with Gasteiger partial charge >= 0.3 is 0 Å². The van der Waals surface area contributed by atoms with Gasteiger partial charge in [0.2, 0.25) is 5.91 Å². The number of amidine groups is 1. The van der Waals surface area contributed by atoms with E-state index >= 15 is 0 Å². The van der Waals surface area contributed by atoms with Crippen molar-refractivity contribution in [3.05, 3.63) is 59.6 Å². The van der Waals surface area contributed by atoms with E-state index in [2.05, 4.69) is 15.8 Å². The summed E-state index contributed by atoms with van der Waals surface area (Å²) in [6.45, 7) is 0. The van der Waals surface area contributed by atoms with E-state index in [1.165, 1.54) is 0 Å². The molecular formula is C21H24ClN3O2. The Balaban J connectivity index is 1.47. The van der Waals surface area contributed by atoms with Gasteiger partial charge in [-0.2, -0.15) is 0 Å². The third-order valence-electron chi connectivity index (χ3n) is 4.97. The maximum Gasteiger partial charge on any atom is 0.227 e. The molecule has 0 aliphatic heterocycles. The van der Waals surface area contributed by atoms with E-state index in [0.29, 0.717) is 23.2 Å². The van der Waals surface area contributed by atoms with Crippen molar-refractivity contribution in [1.29, 1.82) is 0 Å². The van der Waals surface area contributed by atoms with Crippen LogP contribution in [-0.4, -0.2) is 17.0 Å². The van der Waals surface area contributed by atoms with Crippen molar-refractivity contribution in [3.63, 3.8) is 0 Å². The smallest absolute Gasteiger partial charge is 0.227 e. The predicted octanol–water partition coefficient (Wildman–Crippen LogP) is 5.37. The van der Waals surface area contributed by atoms with Crippen LogP contribution in [0, 0.1) is 11.8 Å². The number of hydrogen-bond acceptors (Lipinski definition) is 3. The van der Waals surface area contributed by atoms with Gasteiger partial charge in [-0.15, -0.1) is 0 Å². The van der Waals surface area contributed by atoms with Crippen LogP contribution >= 0.6 is 11.6 Å². The molecule has 27 heavy (non-hydrogen) atoms. The van der Waals surface area contributed by atoms with Crippen molar-refractivity contribution in [2.45, 2.75) is 32.1 Å². The highest BCUT2D eigenvalue weighted by atomic mass is 35.5. The lowest BCUT2D eigenvalue weighted by atomic mass is 9.80. The van der Waals surface area contributed by atoms with Gasteiger partial charge in [-0.25, -0.2) is 0 Å². The van der Waals surface area contributed by atoms with Crippen LogP contribution in [0.5, 0.6) is 0 Å². The average molecular weight is 386 g/mol. The zero-order chi connectivity index (χ0) is 19.1. The first-order valence-corrected chi connectivity index (χ1v) is 9.61. The number of halogens is 1. The summed E-state index contributed by atoms with van der Waals surface area (Å²) in [6.07, 6.45) is 4.21. The molecule has 6 heteroatoms. The van der Waals surface area contributed by atoms with Crippen LogP contribution in [0.1, 0.15) is 32.1 Å². The Morgan fingerprint density at radius 2 is 1.70 bits per heavy atom. The first-order chi connectivity index (χ1) is 13.1. The quantitative estimate of drug-likeness (QED) is 0.280. The maximum absolute atomic E-state index is 12.4. The molecule has 2 aromatic carbocycles. The number of benzene rings is 2. The number of amides is 1. The Labute approximate surface area is 164 Å². The molecule has 2 aromatic rings.